The molecule has 3 fully saturated rings. The molecule has 3 heterocycles. The van der Waals surface area contributed by atoms with Gasteiger partial charge in [-0.05, 0) is 74.8 Å². The third-order valence-corrected chi connectivity index (χ3v) is 7.99. The first kappa shape index (κ1) is 22.4. The second-order valence-corrected chi connectivity index (χ2v) is 10.2. The standard InChI is InChI=1S/C28H39N5/c1-20(32-25-5-3-2-4-6-25)27-17-24(18-31-28(27)29)22-9-7-21(8-10-22)23-13-16-33(19-23)26-11-14-30-15-12-26/h7-10,17-18,23,25-26,30,32H,1-6,11-16,19H2,(H2,29,31). The van der Waals surface area contributed by atoms with Crippen molar-refractivity contribution < 1.29 is 0 Å². The van der Waals surface area contributed by atoms with Crippen LogP contribution in [-0.4, -0.2) is 48.1 Å². The highest BCUT2D eigenvalue weighted by atomic mass is 15.2. The number of nitrogen functional groups attached to an aromatic ring is 1. The predicted octanol–water partition coefficient (Wildman–Crippen LogP) is 4.77. The average Bonchev–Trinajstić information content (AvgIpc) is 3.36. The number of pyridine rings is 1. The van der Waals surface area contributed by atoms with Crippen molar-refractivity contribution in [2.45, 2.75) is 69.4 Å². The van der Waals surface area contributed by atoms with E-state index in [1.807, 2.05) is 6.20 Å². The van der Waals surface area contributed by atoms with Crippen LogP contribution in [0.1, 0.15) is 68.4 Å². The number of hydrogen-bond acceptors (Lipinski definition) is 5. The number of likely N-dealkylation sites (tertiary alicyclic amines) is 1. The quantitative estimate of drug-likeness (QED) is 0.598. The molecular weight excluding hydrogens is 406 g/mol. The zero-order valence-corrected chi connectivity index (χ0v) is 19.9. The molecule has 5 nitrogen and oxygen atoms in total. The van der Waals surface area contributed by atoms with Crippen LogP contribution in [0.15, 0.2) is 43.1 Å². The monoisotopic (exact) mass is 445 g/mol. The molecule has 2 aliphatic heterocycles. The number of nitrogens with zero attached hydrogens (tertiary/aromatic N) is 2. The maximum absolute atomic E-state index is 6.23. The maximum Gasteiger partial charge on any atom is 0.132 e. The minimum Gasteiger partial charge on any atom is -0.383 e. The fraction of sp³-hybridized carbons (Fsp3) is 0.536. The lowest BCUT2D eigenvalue weighted by molar-refractivity contribution is 0.196. The minimum absolute atomic E-state index is 0.504. The number of nitrogens with two attached hydrogens (primary N) is 1. The fourth-order valence-electron chi connectivity index (χ4n) is 5.96. The van der Waals surface area contributed by atoms with Gasteiger partial charge in [-0.25, -0.2) is 4.98 Å². The van der Waals surface area contributed by atoms with Crippen molar-refractivity contribution in [1.29, 1.82) is 0 Å². The molecule has 5 rings (SSSR count). The van der Waals surface area contributed by atoms with Gasteiger partial charge in [0.15, 0.2) is 0 Å². The van der Waals surface area contributed by atoms with Crippen LogP contribution >= 0.6 is 0 Å². The van der Waals surface area contributed by atoms with Gasteiger partial charge in [0.25, 0.3) is 0 Å². The first-order valence-electron chi connectivity index (χ1n) is 12.9. The molecule has 176 valence electrons. The van der Waals surface area contributed by atoms with Crippen LogP contribution in [0.25, 0.3) is 16.8 Å². The molecule has 2 aromatic rings. The molecule has 1 atom stereocenters. The normalized spacial score (nSPS) is 23.0. The van der Waals surface area contributed by atoms with E-state index in [0.29, 0.717) is 17.8 Å². The summed E-state index contributed by atoms with van der Waals surface area (Å²) in [6.45, 7) is 9.05. The predicted molar refractivity (Wildman–Crippen MR) is 138 cm³/mol. The molecule has 0 bridgehead atoms. The van der Waals surface area contributed by atoms with Crippen molar-refractivity contribution in [3.05, 3.63) is 54.2 Å². The number of nitrogens with one attached hydrogen (secondary N) is 2. The van der Waals surface area contributed by atoms with E-state index in [1.54, 1.807) is 0 Å². The maximum atomic E-state index is 6.23. The molecule has 5 heteroatoms. The highest BCUT2D eigenvalue weighted by Gasteiger charge is 2.29. The molecule has 4 N–H and O–H groups in total. The molecule has 33 heavy (non-hydrogen) atoms. The first-order chi connectivity index (χ1) is 16.2. The second kappa shape index (κ2) is 10.3. The lowest BCUT2D eigenvalue weighted by Gasteiger charge is -2.31. The lowest BCUT2D eigenvalue weighted by Crippen LogP contribution is -2.41. The van der Waals surface area contributed by atoms with E-state index in [9.17, 15) is 0 Å². The van der Waals surface area contributed by atoms with Gasteiger partial charge in [-0.2, -0.15) is 0 Å². The Kier molecular flexibility index (Phi) is 6.98. The van der Waals surface area contributed by atoms with Crippen LogP contribution in [0.3, 0.4) is 0 Å². The van der Waals surface area contributed by atoms with Gasteiger partial charge in [0.05, 0.1) is 0 Å². The molecule has 0 spiro atoms. The Morgan fingerprint density at radius 1 is 1.00 bits per heavy atom. The van der Waals surface area contributed by atoms with Gasteiger partial charge >= 0.3 is 0 Å². The summed E-state index contributed by atoms with van der Waals surface area (Å²) >= 11 is 0. The third-order valence-electron chi connectivity index (χ3n) is 7.99. The van der Waals surface area contributed by atoms with E-state index in [2.05, 4.69) is 57.4 Å². The van der Waals surface area contributed by atoms with Crippen LogP contribution in [0.5, 0.6) is 0 Å². The van der Waals surface area contributed by atoms with Crippen LogP contribution < -0.4 is 16.4 Å². The van der Waals surface area contributed by atoms with Crippen LogP contribution in [-0.2, 0) is 0 Å². The Morgan fingerprint density at radius 2 is 1.76 bits per heavy atom. The number of aromatic nitrogens is 1. The van der Waals surface area contributed by atoms with E-state index in [1.165, 1.54) is 88.7 Å². The summed E-state index contributed by atoms with van der Waals surface area (Å²) in [5.74, 6) is 1.20. The summed E-state index contributed by atoms with van der Waals surface area (Å²) in [7, 11) is 0. The van der Waals surface area contributed by atoms with Gasteiger partial charge in [-0.15, -0.1) is 0 Å². The summed E-state index contributed by atoms with van der Waals surface area (Å²) in [6.07, 6.45) is 12.1. The summed E-state index contributed by atoms with van der Waals surface area (Å²) in [5, 5.41) is 7.10. The molecule has 1 unspecified atom stereocenters. The summed E-state index contributed by atoms with van der Waals surface area (Å²) in [5.41, 5.74) is 11.8. The Labute approximate surface area is 198 Å². The molecule has 3 aliphatic rings. The van der Waals surface area contributed by atoms with Crippen LogP contribution in [0, 0.1) is 0 Å². The highest BCUT2D eigenvalue weighted by molar-refractivity contribution is 5.76. The van der Waals surface area contributed by atoms with Gasteiger partial charge < -0.3 is 16.4 Å². The number of rotatable bonds is 6. The van der Waals surface area contributed by atoms with Crippen LogP contribution in [0.2, 0.25) is 0 Å². The van der Waals surface area contributed by atoms with Crippen molar-refractivity contribution in [2.75, 3.05) is 31.9 Å². The van der Waals surface area contributed by atoms with Crippen molar-refractivity contribution >= 4 is 11.5 Å². The zero-order valence-electron chi connectivity index (χ0n) is 19.9. The van der Waals surface area contributed by atoms with Crippen molar-refractivity contribution in [3.63, 3.8) is 0 Å². The zero-order chi connectivity index (χ0) is 22.6. The summed E-state index contributed by atoms with van der Waals surface area (Å²) in [4.78, 5) is 7.22. The lowest BCUT2D eigenvalue weighted by atomic mass is 9.94. The van der Waals surface area contributed by atoms with Crippen LogP contribution in [0.4, 0.5) is 5.82 Å². The molecule has 1 aliphatic carbocycles. The second-order valence-electron chi connectivity index (χ2n) is 10.2. The topological polar surface area (TPSA) is 66.2 Å². The van der Waals surface area contributed by atoms with Gasteiger partial charge in [0, 0.05) is 41.6 Å². The summed E-state index contributed by atoms with van der Waals surface area (Å²) < 4.78 is 0. The Bertz CT molecular complexity index is 941. The van der Waals surface area contributed by atoms with E-state index >= 15 is 0 Å². The van der Waals surface area contributed by atoms with Gasteiger partial charge in [0.2, 0.25) is 0 Å². The van der Waals surface area contributed by atoms with Crippen molar-refractivity contribution in [1.82, 2.24) is 20.5 Å². The Balaban J connectivity index is 1.25. The summed E-state index contributed by atoms with van der Waals surface area (Å²) in [6, 6.07) is 12.5. The van der Waals surface area contributed by atoms with Gasteiger partial charge in [0.1, 0.15) is 5.82 Å². The fourth-order valence-corrected chi connectivity index (χ4v) is 5.96. The SMILES string of the molecule is C=C(NC1CCCCC1)c1cc(-c2ccc(C3CCN(C4CCNCC4)C3)cc2)cnc1N. The molecule has 0 amide bonds. The number of piperidine rings is 1. The smallest absolute Gasteiger partial charge is 0.132 e. The van der Waals surface area contributed by atoms with E-state index in [-0.39, 0.29) is 0 Å². The largest absolute Gasteiger partial charge is 0.383 e. The molecule has 2 saturated heterocycles. The Hall–Kier alpha value is -2.37. The number of benzene rings is 1. The number of anilines is 1. The van der Waals surface area contributed by atoms with E-state index in [0.717, 1.165) is 22.9 Å². The van der Waals surface area contributed by atoms with Crippen molar-refractivity contribution in [2.24, 2.45) is 0 Å². The molecule has 0 radical (unpaired) electrons. The van der Waals surface area contributed by atoms with E-state index in [4.69, 9.17) is 5.73 Å². The number of hydrogen-bond donors (Lipinski definition) is 3. The molecule has 1 saturated carbocycles. The van der Waals surface area contributed by atoms with Crippen molar-refractivity contribution in [3.8, 4) is 11.1 Å². The highest BCUT2D eigenvalue weighted by Crippen LogP contribution is 2.32. The van der Waals surface area contributed by atoms with E-state index < -0.39 is 0 Å². The third kappa shape index (κ3) is 5.25. The van der Waals surface area contributed by atoms with Gasteiger partial charge in [-0.3, -0.25) is 4.90 Å². The molecular formula is C28H39N5. The molecule has 1 aromatic carbocycles. The molecule has 1 aromatic heterocycles. The average molecular weight is 446 g/mol. The minimum atomic E-state index is 0.504. The first-order valence-corrected chi connectivity index (χ1v) is 12.9. The Morgan fingerprint density at radius 3 is 2.52 bits per heavy atom. The van der Waals surface area contributed by atoms with Gasteiger partial charge in [-0.1, -0.05) is 50.1 Å².